The van der Waals surface area contributed by atoms with E-state index in [0.29, 0.717) is 18.5 Å². The molecular formula is C17H25BrN4O2. The first-order valence-electron chi connectivity index (χ1n) is 8.56. The molecule has 0 aromatic carbocycles. The van der Waals surface area contributed by atoms with E-state index in [-0.39, 0.29) is 12.1 Å². The number of methoxy groups -OCH3 is 1. The van der Waals surface area contributed by atoms with Crippen LogP contribution in [0.4, 0.5) is 5.95 Å². The lowest BCUT2D eigenvalue weighted by Crippen LogP contribution is -2.21. The molecular weight excluding hydrogens is 372 g/mol. The lowest BCUT2D eigenvalue weighted by molar-refractivity contribution is 0.121. The summed E-state index contributed by atoms with van der Waals surface area (Å²) in [6.07, 6.45) is 6.32. The Balaban J connectivity index is 1.83. The van der Waals surface area contributed by atoms with Crippen molar-refractivity contribution in [2.24, 2.45) is 0 Å². The molecule has 2 N–H and O–H groups in total. The number of aliphatic hydroxyl groups is 1. The summed E-state index contributed by atoms with van der Waals surface area (Å²) in [6, 6.07) is 2.39. The molecule has 3 rings (SSSR count). The van der Waals surface area contributed by atoms with Crippen LogP contribution in [0.25, 0.3) is 5.52 Å². The van der Waals surface area contributed by atoms with Crippen molar-refractivity contribution in [2.75, 3.05) is 19.0 Å². The number of nitrogens with one attached hydrogen (secondary N) is 1. The van der Waals surface area contributed by atoms with Crippen LogP contribution in [-0.2, 0) is 4.74 Å². The van der Waals surface area contributed by atoms with E-state index in [1.165, 1.54) is 5.69 Å². The van der Waals surface area contributed by atoms with E-state index in [2.05, 4.69) is 39.2 Å². The van der Waals surface area contributed by atoms with E-state index in [4.69, 9.17) is 9.84 Å². The molecule has 0 bridgehead atoms. The number of fused-ring (bicyclic) bond motifs is 1. The molecule has 0 saturated heterocycles. The summed E-state index contributed by atoms with van der Waals surface area (Å²) in [5.41, 5.74) is 2.17. The maximum absolute atomic E-state index is 9.74. The number of aliphatic hydroxyl groups excluding tert-OH is 1. The Morgan fingerprint density at radius 2 is 2.17 bits per heavy atom. The number of ether oxygens (including phenoxy) is 1. The third kappa shape index (κ3) is 3.90. The van der Waals surface area contributed by atoms with Gasteiger partial charge in [-0.2, -0.15) is 0 Å². The normalized spacial score (nSPS) is 22.7. The molecule has 1 fully saturated rings. The van der Waals surface area contributed by atoms with Gasteiger partial charge in [0.1, 0.15) is 0 Å². The standard InChI is InChI=1S/C17H25BrN4O2/c1-11(7-8-24-2)20-17-19-10-16-14(18)9-15(22(16)21-17)12-3-5-13(23)6-4-12/h9-13,23H,3-8H2,1-2H3,(H,20,21)/t11-,12-,13-/m0/s1. The summed E-state index contributed by atoms with van der Waals surface area (Å²) in [7, 11) is 1.71. The predicted molar refractivity (Wildman–Crippen MR) is 97.5 cm³/mol. The number of aromatic nitrogens is 3. The number of nitrogens with zero attached hydrogens (tertiary/aromatic N) is 3. The molecule has 1 saturated carbocycles. The van der Waals surface area contributed by atoms with Gasteiger partial charge in [-0.15, -0.1) is 5.10 Å². The minimum Gasteiger partial charge on any atom is -0.393 e. The van der Waals surface area contributed by atoms with Crippen LogP contribution in [0.3, 0.4) is 0 Å². The molecule has 1 aliphatic carbocycles. The number of anilines is 1. The van der Waals surface area contributed by atoms with Crippen LogP contribution in [-0.4, -0.2) is 45.6 Å². The van der Waals surface area contributed by atoms with Gasteiger partial charge < -0.3 is 15.2 Å². The van der Waals surface area contributed by atoms with Crippen molar-refractivity contribution < 1.29 is 9.84 Å². The molecule has 132 valence electrons. The Bertz CT molecular complexity index is 683. The van der Waals surface area contributed by atoms with Crippen molar-refractivity contribution in [3.63, 3.8) is 0 Å². The minimum absolute atomic E-state index is 0.149. The third-order valence-electron chi connectivity index (χ3n) is 4.74. The van der Waals surface area contributed by atoms with E-state index < -0.39 is 0 Å². The van der Waals surface area contributed by atoms with Gasteiger partial charge in [-0.25, -0.2) is 9.50 Å². The molecule has 6 nitrogen and oxygen atoms in total. The second-order valence-corrected chi connectivity index (χ2v) is 7.48. The molecule has 0 aliphatic heterocycles. The van der Waals surface area contributed by atoms with Crippen molar-refractivity contribution >= 4 is 27.4 Å². The Labute approximate surface area is 150 Å². The summed E-state index contributed by atoms with van der Waals surface area (Å²) in [5, 5.41) is 17.8. The van der Waals surface area contributed by atoms with Gasteiger partial charge in [-0.05, 0) is 61.0 Å². The molecule has 0 unspecified atom stereocenters. The van der Waals surface area contributed by atoms with Gasteiger partial charge in [-0.3, -0.25) is 0 Å². The summed E-state index contributed by atoms with van der Waals surface area (Å²) in [6.45, 7) is 2.81. The highest BCUT2D eigenvalue weighted by Gasteiger charge is 2.24. The Kier molecular flexibility index (Phi) is 5.73. The smallest absolute Gasteiger partial charge is 0.241 e. The van der Waals surface area contributed by atoms with Crippen LogP contribution in [0.5, 0.6) is 0 Å². The summed E-state index contributed by atoms with van der Waals surface area (Å²) in [5.74, 6) is 1.06. The van der Waals surface area contributed by atoms with Gasteiger partial charge >= 0.3 is 0 Å². The van der Waals surface area contributed by atoms with Gasteiger partial charge in [0.2, 0.25) is 5.95 Å². The summed E-state index contributed by atoms with van der Waals surface area (Å²) >= 11 is 3.62. The van der Waals surface area contributed by atoms with Crippen LogP contribution in [0, 0.1) is 0 Å². The quantitative estimate of drug-likeness (QED) is 0.782. The third-order valence-corrected chi connectivity index (χ3v) is 5.38. The summed E-state index contributed by atoms with van der Waals surface area (Å²) < 4.78 is 8.13. The average molecular weight is 397 g/mol. The van der Waals surface area contributed by atoms with Crippen molar-refractivity contribution in [1.29, 1.82) is 0 Å². The zero-order chi connectivity index (χ0) is 17.1. The maximum Gasteiger partial charge on any atom is 0.241 e. The van der Waals surface area contributed by atoms with Crippen molar-refractivity contribution in [1.82, 2.24) is 14.6 Å². The van der Waals surface area contributed by atoms with Crippen LogP contribution in [0.15, 0.2) is 16.7 Å². The molecule has 0 amide bonds. The zero-order valence-electron chi connectivity index (χ0n) is 14.2. The fourth-order valence-electron chi connectivity index (χ4n) is 3.29. The zero-order valence-corrected chi connectivity index (χ0v) is 15.8. The molecule has 2 heterocycles. The van der Waals surface area contributed by atoms with Gasteiger partial charge in [0.05, 0.1) is 17.8 Å². The number of hydrogen-bond donors (Lipinski definition) is 2. The molecule has 2 aromatic rings. The van der Waals surface area contributed by atoms with Crippen LogP contribution >= 0.6 is 15.9 Å². The molecule has 7 heteroatoms. The maximum atomic E-state index is 9.74. The van der Waals surface area contributed by atoms with E-state index in [0.717, 1.165) is 42.1 Å². The molecule has 24 heavy (non-hydrogen) atoms. The van der Waals surface area contributed by atoms with Crippen LogP contribution < -0.4 is 5.32 Å². The molecule has 0 spiro atoms. The Hall–Kier alpha value is -1.18. The average Bonchev–Trinajstić information content (AvgIpc) is 2.90. The van der Waals surface area contributed by atoms with Gasteiger partial charge in [0, 0.05) is 35.8 Å². The molecule has 0 radical (unpaired) electrons. The van der Waals surface area contributed by atoms with Gasteiger partial charge in [0.15, 0.2) is 0 Å². The van der Waals surface area contributed by atoms with Crippen molar-refractivity contribution in [2.45, 2.75) is 57.1 Å². The molecule has 1 atom stereocenters. The van der Waals surface area contributed by atoms with Crippen molar-refractivity contribution in [3.05, 3.63) is 22.4 Å². The first-order valence-corrected chi connectivity index (χ1v) is 9.35. The number of rotatable bonds is 6. The highest BCUT2D eigenvalue weighted by molar-refractivity contribution is 9.10. The second-order valence-electron chi connectivity index (χ2n) is 6.63. The monoisotopic (exact) mass is 396 g/mol. The topological polar surface area (TPSA) is 71.7 Å². The van der Waals surface area contributed by atoms with Gasteiger partial charge in [-0.1, -0.05) is 0 Å². The fraction of sp³-hybridized carbons (Fsp3) is 0.647. The highest BCUT2D eigenvalue weighted by Crippen LogP contribution is 2.36. The second kappa shape index (κ2) is 7.80. The first kappa shape index (κ1) is 17.6. The largest absolute Gasteiger partial charge is 0.393 e. The van der Waals surface area contributed by atoms with E-state index >= 15 is 0 Å². The highest BCUT2D eigenvalue weighted by atomic mass is 79.9. The lowest BCUT2D eigenvalue weighted by Gasteiger charge is -2.25. The molecule has 2 aromatic heterocycles. The first-order chi connectivity index (χ1) is 11.6. The Morgan fingerprint density at radius 1 is 1.42 bits per heavy atom. The predicted octanol–water partition coefficient (Wildman–Crippen LogP) is 3.35. The van der Waals surface area contributed by atoms with E-state index in [9.17, 15) is 5.11 Å². The van der Waals surface area contributed by atoms with Crippen LogP contribution in [0.2, 0.25) is 0 Å². The number of halogens is 1. The van der Waals surface area contributed by atoms with Crippen molar-refractivity contribution in [3.8, 4) is 0 Å². The number of hydrogen-bond acceptors (Lipinski definition) is 5. The summed E-state index contributed by atoms with van der Waals surface area (Å²) in [4.78, 5) is 4.43. The van der Waals surface area contributed by atoms with Crippen LogP contribution in [0.1, 0.15) is 50.6 Å². The fourth-order valence-corrected chi connectivity index (χ4v) is 3.80. The van der Waals surface area contributed by atoms with E-state index in [1.54, 1.807) is 7.11 Å². The van der Waals surface area contributed by atoms with E-state index in [1.807, 2.05) is 10.7 Å². The Morgan fingerprint density at radius 3 is 2.88 bits per heavy atom. The minimum atomic E-state index is -0.149. The molecule has 1 aliphatic rings. The SMILES string of the molecule is COCC[C@H](C)Nc1ncc2c(Br)cc([C@H]3CC[C@H](O)CC3)n2n1. The lowest BCUT2D eigenvalue weighted by atomic mass is 9.85. The van der Waals surface area contributed by atoms with Gasteiger partial charge in [0.25, 0.3) is 0 Å².